The van der Waals surface area contributed by atoms with Crippen LogP contribution in [0.25, 0.3) is 5.53 Å². The van der Waals surface area contributed by atoms with Gasteiger partial charge in [-0.2, -0.15) is 13.2 Å². The molecule has 1 aromatic rings. The Morgan fingerprint density at radius 2 is 2.22 bits per heavy atom. The molecule has 0 radical (unpaired) electrons. The predicted octanol–water partition coefficient (Wildman–Crippen LogP) is 0.642. The van der Waals surface area contributed by atoms with Gasteiger partial charge < -0.3 is 16.2 Å². The maximum atomic E-state index is 11.1. The molecule has 7 nitrogen and oxygen atoms in total. The average Bonchev–Trinajstić information content (AvgIpc) is 2.30. The van der Waals surface area contributed by atoms with Crippen LogP contribution in [-0.4, -0.2) is 37.1 Å². The molecule has 0 aliphatic rings. The molecule has 8 heteroatoms. The van der Waals surface area contributed by atoms with Gasteiger partial charge in [0, 0.05) is 12.2 Å². The van der Waals surface area contributed by atoms with Crippen LogP contribution >= 0.6 is 0 Å². The number of rotatable bonds is 5. The van der Waals surface area contributed by atoms with Crippen LogP contribution in [0.4, 0.5) is 11.4 Å². The zero-order valence-corrected chi connectivity index (χ0v) is 10.6. The lowest BCUT2D eigenvalue weighted by atomic mass is 10.2. The second-order valence-corrected chi connectivity index (χ2v) is 4.92. The molecular weight excluding hydrogens is 256 g/mol. The van der Waals surface area contributed by atoms with Gasteiger partial charge in [0.2, 0.25) is 0 Å². The lowest BCUT2D eigenvalue weighted by molar-refractivity contribution is 0.00210. The average molecular weight is 270 g/mol. The van der Waals surface area contributed by atoms with Crippen molar-refractivity contribution in [3.63, 3.8) is 0 Å². The highest BCUT2D eigenvalue weighted by molar-refractivity contribution is 7.86. The van der Waals surface area contributed by atoms with Crippen LogP contribution in [0.1, 0.15) is 6.92 Å². The topological polar surface area (TPSA) is 120 Å². The van der Waals surface area contributed by atoms with Gasteiger partial charge in [0.1, 0.15) is 11.4 Å². The van der Waals surface area contributed by atoms with Gasteiger partial charge in [-0.3, -0.25) is 4.55 Å². The van der Waals surface area contributed by atoms with E-state index in [4.69, 9.17) is 15.8 Å². The van der Waals surface area contributed by atoms with Gasteiger partial charge in [-0.1, -0.05) is 0 Å². The Balaban J connectivity index is 3.22. The first kappa shape index (κ1) is 14.2. The van der Waals surface area contributed by atoms with E-state index in [0.29, 0.717) is 18.8 Å². The summed E-state index contributed by atoms with van der Waals surface area (Å²) in [4.78, 5) is 4.29. The lowest BCUT2D eigenvalue weighted by Gasteiger charge is -2.20. The fourth-order valence-electron chi connectivity index (χ4n) is 1.50. The minimum absolute atomic E-state index is 0.0203. The van der Waals surface area contributed by atoms with Gasteiger partial charge in [0.15, 0.2) is 0 Å². The van der Waals surface area contributed by atoms with Gasteiger partial charge >= 0.3 is 0 Å². The normalized spacial score (nSPS) is 10.8. The summed E-state index contributed by atoms with van der Waals surface area (Å²) in [5.41, 5.74) is 14.4. The van der Waals surface area contributed by atoms with Crippen molar-refractivity contribution in [1.82, 2.24) is 0 Å². The first-order chi connectivity index (χ1) is 8.40. The number of nitrogens with two attached hydrogens (primary N) is 1. The molecule has 0 saturated heterocycles. The number of nitrogens with zero attached hydrogens (tertiary/aromatic N) is 3. The van der Waals surface area contributed by atoms with Crippen molar-refractivity contribution in [2.24, 2.45) is 0 Å². The van der Waals surface area contributed by atoms with Gasteiger partial charge in [0.25, 0.3) is 16.3 Å². The SMILES string of the molecule is CCN(CC=[N+]=[N-])c1ccc(N)c(S(=O)(=O)O)c1. The van der Waals surface area contributed by atoms with Crippen molar-refractivity contribution in [2.45, 2.75) is 11.8 Å². The van der Waals surface area contributed by atoms with E-state index in [9.17, 15) is 8.42 Å². The summed E-state index contributed by atoms with van der Waals surface area (Å²) in [6, 6.07) is 4.30. The van der Waals surface area contributed by atoms with E-state index in [1.165, 1.54) is 18.3 Å². The van der Waals surface area contributed by atoms with E-state index >= 15 is 0 Å². The van der Waals surface area contributed by atoms with Crippen molar-refractivity contribution >= 4 is 27.7 Å². The summed E-state index contributed by atoms with van der Waals surface area (Å²) in [6.45, 7) is 2.73. The molecule has 0 bridgehead atoms. The Morgan fingerprint density at radius 1 is 1.56 bits per heavy atom. The van der Waals surface area contributed by atoms with Crippen molar-refractivity contribution in [1.29, 1.82) is 0 Å². The molecule has 0 fully saturated rings. The largest absolute Gasteiger partial charge is 0.398 e. The lowest BCUT2D eigenvalue weighted by Crippen LogP contribution is -2.25. The first-order valence-corrected chi connectivity index (χ1v) is 6.62. The van der Waals surface area contributed by atoms with E-state index in [1.807, 2.05) is 6.92 Å². The summed E-state index contributed by atoms with van der Waals surface area (Å²) in [7, 11) is -4.35. The third-order valence-corrected chi connectivity index (χ3v) is 3.31. The molecule has 0 aromatic heterocycles. The Morgan fingerprint density at radius 3 is 2.72 bits per heavy atom. The third kappa shape index (κ3) is 3.30. The molecular formula is C10H14N4O3S. The number of benzene rings is 1. The summed E-state index contributed by atoms with van der Waals surface area (Å²) in [5.74, 6) is 0. The van der Waals surface area contributed by atoms with Crippen LogP contribution in [0.15, 0.2) is 23.1 Å². The number of anilines is 2. The van der Waals surface area contributed by atoms with Crippen LogP contribution < -0.4 is 10.6 Å². The molecule has 98 valence electrons. The van der Waals surface area contributed by atoms with Crippen molar-refractivity contribution in [2.75, 3.05) is 23.7 Å². The van der Waals surface area contributed by atoms with Gasteiger partial charge in [-0.15, -0.1) is 0 Å². The molecule has 1 aromatic carbocycles. The highest BCUT2D eigenvalue weighted by atomic mass is 32.2. The molecule has 0 atom stereocenters. The van der Waals surface area contributed by atoms with Crippen molar-refractivity contribution in [3.8, 4) is 0 Å². The fraction of sp³-hybridized carbons (Fsp3) is 0.300. The maximum Gasteiger partial charge on any atom is 0.296 e. The molecule has 0 heterocycles. The van der Waals surface area contributed by atoms with Crippen molar-refractivity contribution in [3.05, 3.63) is 23.7 Å². The fourth-order valence-corrected chi connectivity index (χ4v) is 2.13. The smallest absolute Gasteiger partial charge is 0.296 e. The standard InChI is InChI=1S/C10H14N4O3S/c1-2-14(6-5-13-12)8-3-4-9(11)10(7-8)18(15,16)17/h3-5,7H,2,6,11H2,1H3,(H,15,16,17). The second kappa shape index (κ2) is 5.63. The quantitative estimate of drug-likeness (QED) is 0.267. The monoisotopic (exact) mass is 270 g/mol. The highest BCUT2D eigenvalue weighted by Crippen LogP contribution is 2.24. The second-order valence-electron chi connectivity index (χ2n) is 3.53. The number of hydrogen-bond donors (Lipinski definition) is 2. The summed E-state index contributed by atoms with van der Waals surface area (Å²) in [5, 5.41) is 0. The summed E-state index contributed by atoms with van der Waals surface area (Å²) < 4.78 is 31.3. The molecule has 0 unspecified atom stereocenters. The van der Waals surface area contributed by atoms with E-state index in [1.54, 1.807) is 11.0 Å². The molecule has 0 saturated carbocycles. The van der Waals surface area contributed by atoms with E-state index in [-0.39, 0.29) is 10.6 Å². The summed E-state index contributed by atoms with van der Waals surface area (Å²) in [6.07, 6.45) is 1.27. The molecule has 0 spiro atoms. The van der Waals surface area contributed by atoms with Gasteiger partial charge in [-0.05, 0) is 25.1 Å². The van der Waals surface area contributed by atoms with E-state index < -0.39 is 10.1 Å². The van der Waals surface area contributed by atoms with Crippen LogP contribution in [0.5, 0.6) is 0 Å². The number of hydrogen-bond acceptors (Lipinski definition) is 4. The Kier molecular flexibility index (Phi) is 4.43. The molecule has 18 heavy (non-hydrogen) atoms. The van der Waals surface area contributed by atoms with E-state index in [2.05, 4.69) is 4.79 Å². The zero-order valence-electron chi connectivity index (χ0n) is 9.81. The van der Waals surface area contributed by atoms with Gasteiger partial charge in [0.05, 0.1) is 5.69 Å². The third-order valence-electron chi connectivity index (χ3n) is 2.41. The molecule has 0 aliphatic heterocycles. The Hall–Kier alpha value is -1.89. The highest BCUT2D eigenvalue weighted by Gasteiger charge is 2.16. The van der Waals surface area contributed by atoms with Crippen LogP contribution in [0.2, 0.25) is 0 Å². The van der Waals surface area contributed by atoms with E-state index in [0.717, 1.165) is 0 Å². The Labute approximate surface area is 105 Å². The van der Waals surface area contributed by atoms with Crippen molar-refractivity contribution < 1.29 is 17.8 Å². The first-order valence-electron chi connectivity index (χ1n) is 5.18. The van der Waals surface area contributed by atoms with Crippen LogP contribution in [0.3, 0.4) is 0 Å². The minimum atomic E-state index is -4.35. The summed E-state index contributed by atoms with van der Waals surface area (Å²) >= 11 is 0. The molecule has 1 rings (SSSR count). The molecule has 3 N–H and O–H groups in total. The predicted molar refractivity (Wildman–Crippen MR) is 68.2 cm³/mol. The number of nitrogen functional groups attached to an aromatic ring is 1. The van der Waals surface area contributed by atoms with Crippen LogP contribution in [0, 0.1) is 0 Å². The zero-order chi connectivity index (χ0) is 13.8. The maximum absolute atomic E-state index is 11.1. The van der Waals surface area contributed by atoms with Crippen LogP contribution in [-0.2, 0) is 10.1 Å². The molecule has 0 aliphatic carbocycles. The van der Waals surface area contributed by atoms with Gasteiger partial charge in [-0.25, -0.2) is 0 Å². The Bertz CT molecular complexity index is 579. The molecule has 0 amide bonds. The minimum Gasteiger partial charge on any atom is -0.398 e.